The van der Waals surface area contributed by atoms with Crippen LogP contribution in [0.2, 0.25) is 0 Å². The van der Waals surface area contributed by atoms with Crippen molar-refractivity contribution in [3.63, 3.8) is 0 Å². The van der Waals surface area contributed by atoms with Gasteiger partial charge in [0.15, 0.2) is 12.4 Å². The zero-order valence-corrected chi connectivity index (χ0v) is 9.50. The second-order valence-electron chi connectivity index (χ2n) is 3.51. The SMILES string of the molecule is Cn1nc(OCC(=O)O)cc1-c1ncccc1F. The van der Waals surface area contributed by atoms with E-state index in [4.69, 9.17) is 9.84 Å². The fourth-order valence-electron chi connectivity index (χ4n) is 1.44. The molecule has 0 atom stereocenters. The predicted molar refractivity (Wildman–Crippen MR) is 59.5 cm³/mol. The first-order valence-corrected chi connectivity index (χ1v) is 5.07. The van der Waals surface area contributed by atoms with Crippen molar-refractivity contribution in [1.82, 2.24) is 14.8 Å². The van der Waals surface area contributed by atoms with Gasteiger partial charge in [-0.2, -0.15) is 0 Å². The van der Waals surface area contributed by atoms with Gasteiger partial charge in [0.05, 0.1) is 5.69 Å². The third kappa shape index (κ3) is 2.45. The molecule has 2 aromatic rings. The number of carboxylic acids is 1. The smallest absolute Gasteiger partial charge is 0.341 e. The molecule has 1 N–H and O–H groups in total. The van der Waals surface area contributed by atoms with Crippen LogP contribution in [0.25, 0.3) is 11.4 Å². The molecule has 0 aliphatic carbocycles. The number of rotatable bonds is 4. The molecule has 94 valence electrons. The van der Waals surface area contributed by atoms with Gasteiger partial charge in [0, 0.05) is 19.3 Å². The molecule has 0 aliphatic heterocycles. The fraction of sp³-hybridized carbons (Fsp3) is 0.182. The summed E-state index contributed by atoms with van der Waals surface area (Å²) in [5.74, 6) is -1.48. The molecule has 2 heterocycles. The topological polar surface area (TPSA) is 77.2 Å². The minimum absolute atomic E-state index is 0.111. The Morgan fingerprint density at radius 1 is 1.61 bits per heavy atom. The van der Waals surface area contributed by atoms with Crippen LogP contribution in [0, 0.1) is 5.82 Å². The first kappa shape index (κ1) is 12.0. The lowest BCUT2D eigenvalue weighted by atomic mass is 10.2. The van der Waals surface area contributed by atoms with Gasteiger partial charge < -0.3 is 9.84 Å². The largest absolute Gasteiger partial charge is 0.479 e. The van der Waals surface area contributed by atoms with Crippen LogP contribution < -0.4 is 4.74 Å². The van der Waals surface area contributed by atoms with E-state index in [2.05, 4.69) is 10.1 Å². The Labute approximate surface area is 102 Å². The van der Waals surface area contributed by atoms with Gasteiger partial charge in [0.1, 0.15) is 5.69 Å². The second kappa shape index (κ2) is 4.82. The minimum Gasteiger partial charge on any atom is -0.479 e. The van der Waals surface area contributed by atoms with Crippen molar-refractivity contribution in [2.24, 2.45) is 7.05 Å². The highest BCUT2D eigenvalue weighted by Gasteiger charge is 2.13. The standard InChI is InChI=1S/C11H10FN3O3/c1-15-8(11-7(12)3-2-4-13-11)5-9(14-15)18-6-10(16)17/h2-5H,6H2,1H3,(H,16,17). The molecular formula is C11H10FN3O3. The van der Waals surface area contributed by atoms with Gasteiger partial charge in [0.25, 0.3) is 0 Å². The number of pyridine rings is 1. The van der Waals surface area contributed by atoms with E-state index in [9.17, 15) is 9.18 Å². The summed E-state index contributed by atoms with van der Waals surface area (Å²) in [7, 11) is 1.59. The molecule has 7 heteroatoms. The monoisotopic (exact) mass is 251 g/mol. The van der Waals surface area contributed by atoms with Crippen LogP contribution in [-0.4, -0.2) is 32.4 Å². The number of aliphatic carboxylic acids is 1. The number of halogens is 1. The van der Waals surface area contributed by atoms with E-state index in [0.717, 1.165) is 0 Å². The summed E-state index contributed by atoms with van der Waals surface area (Å²) in [5.41, 5.74) is 0.547. The van der Waals surface area contributed by atoms with Crippen LogP contribution >= 0.6 is 0 Å². The van der Waals surface area contributed by atoms with Crippen LogP contribution in [0.15, 0.2) is 24.4 Å². The molecule has 0 aromatic carbocycles. The van der Waals surface area contributed by atoms with E-state index in [-0.39, 0.29) is 11.6 Å². The van der Waals surface area contributed by atoms with Crippen molar-refractivity contribution in [2.45, 2.75) is 0 Å². The van der Waals surface area contributed by atoms with Crippen molar-refractivity contribution >= 4 is 5.97 Å². The normalized spacial score (nSPS) is 10.3. The number of carbonyl (C=O) groups is 1. The van der Waals surface area contributed by atoms with Crippen LogP contribution in [0.4, 0.5) is 4.39 Å². The predicted octanol–water partition coefficient (Wildman–Crippen LogP) is 1.08. The molecule has 0 fully saturated rings. The molecule has 0 spiro atoms. The summed E-state index contributed by atoms with van der Waals surface area (Å²) in [5, 5.41) is 12.4. The summed E-state index contributed by atoms with van der Waals surface area (Å²) >= 11 is 0. The maximum Gasteiger partial charge on any atom is 0.341 e. The Balaban J connectivity index is 2.30. The molecule has 0 saturated carbocycles. The number of carboxylic acid groups (broad SMARTS) is 1. The average molecular weight is 251 g/mol. The molecule has 0 amide bonds. The Kier molecular flexibility index (Phi) is 3.22. The zero-order valence-electron chi connectivity index (χ0n) is 9.50. The molecule has 2 rings (SSSR count). The molecule has 0 aliphatic rings. The maximum absolute atomic E-state index is 13.5. The first-order valence-electron chi connectivity index (χ1n) is 5.07. The number of hydrogen-bond donors (Lipinski definition) is 1. The third-order valence-corrected chi connectivity index (χ3v) is 2.20. The lowest BCUT2D eigenvalue weighted by Gasteiger charge is -2.00. The molecule has 0 bridgehead atoms. The third-order valence-electron chi connectivity index (χ3n) is 2.20. The van der Waals surface area contributed by atoms with Crippen LogP contribution in [0.5, 0.6) is 5.88 Å². The van der Waals surface area contributed by atoms with Gasteiger partial charge >= 0.3 is 5.97 Å². The molecule has 0 unspecified atom stereocenters. The zero-order chi connectivity index (χ0) is 13.1. The highest BCUT2D eigenvalue weighted by Crippen LogP contribution is 2.23. The van der Waals surface area contributed by atoms with Gasteiger partial charge in [0.2, 0.25) is 5.88 Å². The molecule has 6 nitrogen and oxygen atoms in total. The summed E-state index contributed by atoms with van der Waals surface area (Å²) in [4.78, 5) is 14.3. The lowest BCUT2D eigenvalue weighted by molar-refractivity contribution is -0.139. The molecule has 2 aromatic heterocycles. The lowest BCUT2D eigenvalue weighted by Crippen LogP contribution is -2.09. The van der Waals surface area contributed by atoms with Gasteiger partial charge in [-0.1, -0.05) is 0 Å². The van der Waals surface area contributed by atoms with Crippen LogP contribution in [-0.2, 0) is 11.8 Å². The Hall–Kier alpha value is -2.44. The highest BCUT2D eigenvalue weighted by molar-refractivity contribution is 5.68. The van der Waals surface area contributed by atoms with E-state index in [0.29, 0.717) is 5.69 Å². The summed E-state index contributed by atoms with van der Waals surface area (Å²) < 4.78 is 19.8. The van der Waals surface area contributed by atoms with Crippen molar-refractivity contribution in [2.75, 3.05) is 6.61 Å². The maximum atomic E-state index is 13.5. The summed E-state index contributed by atoms with van der Waals surface area (Å²) in [6, 6.07) is 4.21. The summed E-state index contributed by atoms with van der Waals surface area (Å²) in [6.45, 7) is -0.499. The van der Waals surface area contributed by atoms with E-state index in [1.54, 1.807) is 7.05 Å². The van der Waals surface area contributed by atoms with E-state index >= 15 is 0 Å². The highest BCUT2D eigenvalue weighted by atomic mass is 19.1. The number of aromatic nitrogens is 3. The number of hydrogen-bond acceptors (Lipinski definition) is 4. The average Bonchev–Trinajstić information content (AvgIpc) is 2.69. The molecular weight excluding hydrogens is 241 g/mol. The van der Waals surface area contributed by atoms with Crippen molar-refractivity contribution in [1.29, 1.82) is 0 Å². The van der Waals surface area contributed by atoms with Crippen molar-refractivity contribution in [3.8, 4) is 17.3 Å². The first-order chi connectivity index (χ1) is 8.58. The van der Waals surface area contributed by atoms with E-state index in [1.807, 2.05) is 0 Å². The number of ether oxygens (including phenoxy) is 1. The van der Waals surface area contributed by atoms with Crippen LogP contribution in [0.1, 0.15) is 0 Å². The molecule has 0 saturated heterocycles. The number of nitrogens with zero attached hydrogens (tertiary/aromatic N) is 3. The van der Waals surface area contributed by atoms with Crippen molar-refractivity contribution < 1.29 is 19.0 Å². The molecule has 0 radical (unpaired) electrons. The Bertz CT molecular complexity index is 583. The van der Waals surface area contributed by atoms with Gasteiger partial charge in [-0.3, -0.25) is 9.67 Å². The number of aryl methyl sites for hydroxylation is 1. The van der Waals surface area contributed by atoms with Crippen molar-refractivity contribution in [3.05, 3.63) is 30.2 Å². The quantitative estimate of drug-likeness (QED) is 0.879. The Morgan fingerprint density at radius 2 is 2.39 bits per heavy atom. The van der Waals surface area contributed by atoms with Crippen LogP contribution in [0.3, 0.4) is 0 Å². The van der Waals surface area contributed by atoms with Gasteiger partial charge in [-0.25, -0.2) is 9.18 Å². The van der Waals surface area contributed by atoms with Gasteiger partial charge in [-0.05, 0) is 12.1 Å². The van der Waals surface area contributed by atoms with Gasteiger partial charge in [-0.15, -0.1) is 5.10 Å². The molecule has 18 heavy (non-hydrogen) atoms. The minimum atomic E-state index is -1.11. The Morgan fingerprint density at radius 3 is 3.06 bits per heavy atom. The second-order valence-corrected chi connectivity index (χ2v) is 3.51. The van der Waals surface area contributed by atoms with E-state index in [1.165, 1.54) is 29.1 Å². The van der Waals surface area contributed by atoms with E-state index < -0.39 is 18.4 Å². The summed E-state index contributed by atoms with van der Waals surface area (Å²) in [6.07, 6.45) is 1.46. The fourth-order valence-corrected chi connectivity index (χ4v) is 1.44.